The lowest BCUT2D eigenvalue weighted by molar-refractivity contribution is 0.408. The first-order valence-electron chi connectivity index (χ1n) is 5.42. The van der Waals surface area contributed by atoms with Gasteiger partial charge in [0.1, 0.15) is 6.26 Å². The molecular formula is C13H16N2O. The summed E-state index contributed by atoms with van der Waals surface area (Å²) in [6, 6.07) is 8.38. The molecule has 0 aliphatic rings. The molecule has 1 aromatic carbocycles. The Labute approximate surface area is 95.5 Å². The van der Waals surface area contributed by atoms with Crippen molar-refractivity contribution >= 4 is 0 Å². The summed E-state index contributed by atoms with van der Waals surface area (Å²) in [5.74, 6) is 0. The van der Waals surface area contributed by atoms with Gasteiger partial charge in [0.15, 0.2) is 0 Å². The second-order valence-corrected chi connectivity index (χ2v) is 4.02. The van der Waals surface area contributed by atoms with Crippen LogP contribution in [0.4, 0.5) is 0 Å². The lowest BCUT2D eigenvalue weighted by Gasteiger charge is -2.07. The van der Waals surface area contributed by atoms with Crippen LogP contribution in [0.25, 0.3) is 0 Å². The van der Waals surface area contributed by atoms with E-state index in [9.17, 15) is 0 Å². The Kier molecular flexibility index (Phi) is 3.37. The third-order valence-electron chi connectivity index (χ3n) is 2.61. The summed E-state index contributed by atoms with van der Waals surface area (Å²) < 4.78 is 4.77. The molecule has 0 saturated heterocycles. The molecule has 0 unspecified atom stereocenters. The second-order valence-electron chi connectivity index (χ2n) is 4.02. The summed E-state index contributed by atoms with van der Waals surface area (Å²) in [4.78, 5) is 0. The van der Waals surface area contributed by atoms with Gasteiger partial charge in [-0.3, -0.25) is 0 Å². The number of benzene rings is 1. The third-order valence-corrected chi connectivity index (χ3v) is 2.61. The smallest absolute Gasteiger partial charge is 0.124 e. The lowest BCUT2D eigenvalue weighted by atomic mass is 10.1. The highest BCUT2D eigenvalue weighted by Crippen LogP contribution is 2.10. The van der Waals surface area contributed by atoms with E-state index in [1.165, 1.54) is 16.7 Å². The van der Waals surface area contributed by atoms with Gasteiger partial charge < -0.3 is 9.84 Å². The molecule has 16 heavy (non-hydrogen) atoms. The van der Waals surface area contributed by atoms with Gasteiger partial charge in [-0.15, -0.1) is 0 Å². The van der Waals surface area contributed by atoms with Crippen LogP contribution in [0, 0.1) is 13.8 Å². The Morgan fingerprint density at radius 3 is 2.75 bits per heavy atom. The van der Waals surface area contributed by atoms with Gasteiger partial charge in [-0.05, 0) is 25.0 Å². The van der Waals surface area contributed by atoms with E-state index in [0.29, 0.717) is 0 Å². The number of nitrogens with zero attached hydrogens (tertiary/aromatic N) is 1. The number of nitrogens with one attached hydrogen (secondary N) is 1. The van der Waals surface area contributed by atoms with Crippen LogP contribution in [-0.4, -0.2) is 5.16 Å². The molecule has 0 fully saturated rings. The average molecular weight is 216 g/mol. The first kappa shape index (κ1) is 10.9. The zero-order chi connectivity index (χ0) is 11.4. The number of aryl methyl sites for hydroxylation is 2. The maximum absolute atomic E-state index is 4.77. The van der Waals surface area contributed by atoms with Crippen molar-refractivity contribution in [2.45, 2.75) is 26.9 Å². The van der Waals surface area contributed by atoms with E-state index in [2.05, 4.69) is 42.5 Å². The van der Waals surface area contributed by atoms with Crippen molar-refractivity contribution in [3.63, 3.8) is 0 Å². The summed E-state index contributed by atoms with van der Waals surface area (Å²) in [5.41, 5.74) is 4.89. The minimum absolute atomic E-state index is 0.740. The van der Waals surface area contributed by atoms with Crippen LogP contribution < -0.4 is 5.32 Å². The first-order valence-corrected chi connectivity index (χ1v) is 5.42. The van der Waals surface area contributed by atoms with E-state index < -0.39 is 0 Å². The van der Waals surface area contributed by atoms with Crippen LogP contribution in [0.3, 0.4) is 0 Å². The molecule has 0 spiro atoms. The summed E-state index contributed by atoms with van der Waals surface area (Å²) in [6.07, 6.45) is 1.59. The normalized spacial score (nSPS) is 10.6. The Hall–Kier alpha value is -1.61. The monoisotopic (exact) mass is 216 g/mol. The molecule has 1 heterocycles. The van der Waals surface area contributed by atoms with E-state index in [4.69, 9.17) is 4.52 Å². The molecule has 0 saturated carbocycles. The van der Waals surface area contributed by atoms with Crippen molar-refractivity contribution in [3.05, 3.63) is 52.9 Å². The van der Waals surface area contributed by atoms with E-state index in [1.807, 2.05) is 6.07 Å². The molecule has 0 aliphatic heterocycles. The standard InChI is InChI=1S/C13H16N2O/c1-10-3-4-12(11(2)7-10)8-14-9-13-5-6-16-15-13/h3-7,14H,8-9H2,1-2H3. The second kappa shape index (κ2) is 4.94. The summed E-state index contributed by atoms with van der Waals surface area (Å²) in [7, 11) is 0. The minimum Gasteiger partial charge on any atom is -0.364 e. The van der Waals surface area contributed by atoms with Crippen LogP contribution in [0.2, 0.25) is 0 Å². The van der Waals surface area contributed by atoms with E-state index >= 15 is 0 Å². The Bertz CT molecular complexity index is 449. The van der Waals surface area contributed by atoms with Gasteiger partial charge >= 0.3 is 0 Å². The Morgan fingerprint density at radius 2 is 2.06 bits per heavy atom. The molecule has 0 atom stereocenters. The molecule has 0 bridgehead atoms. The van der Waals surface area contributed by atoms with Crippen molar-refractivity contribution in [3.8, 4) is 0 Å². The zero-order valence-corrected chi connectivity index (χ0v) is 9.66. The van der Waals surface area contributed by atoms with Crippen LogP contribution in [0.1, 0.15) is 22.4 Å². The van der Waals surface area contributed by atoms with Crippen molar-refractivity contribution in [1.29, 1.82) is 0 Å². The SMILES string of the molecule is Cc1ccc(CNCc2ccon2)c(C)c1. The van der Waals surface area contributed by atoms with Crippen molar-refractivity contribution in [1.82, 2.24) is 10.5 Å². The fourth-order valence-electron chi connectivity index (χ4n) is 1.70. The molecule has 3 heteroatoms. The Balaban J connectivity index is 1.90. The van der Waals surface area contributed by atoms with E-state index in [-0.39, 0.29) is 0 Å². The van der Waals surface area contributed by atoms with Crippen LogP contribution in [0.5, 0.6) is 0 Å². The molecule has 2 aromatic rings. The number of rotatable bonds is 4. The largest absolute Gasteiger partial charge is 0.364 e. The van der Waals surface area contributed by atoms with Gasteiger partial charge in [0.05, 0.1) is 5.69 Å². The zero-order valence-electron chi connectivity index (χ0n) is 9.66. The summed E-state index contributed by atoms with van der Waals surface area (Å²) in [6.45, 7) is 5.85. The molecule has 1 N–H and O–H groups in total. The van der Waals surface area contributed by atoms with E-state index in [0.717, 1.165) is 18.8 Å². The minimum atomic E-state index is 0.740. The van der Waals surface area contributed by atoms with Gasteiger partial charge in [-0.1, -0.05) is 28.9 Å². The van der Waals surface area contributed by atoms with Gasteiger partial charge in [-0.25, -0.2) is 0 Å². The highest BCUT2D eigenvalue weighted by Gasteiger charge is 1.99. The fraction of sp³-hybridized carbons (Fsp3) is 0.308. The third kappa shape index (κ3) is 2.70. The van der Waals surface area contributed by atoms with Crippen LogP contribution >= 0.6 is 0 Å². The number of hydrogen-bond donors (Lipinski definition) is 1. The first-order chi connectivity index (χ1) is 7.75. The Morgan fingerprint density at radius 1 is 1.19 bits per heavy atom. The fourth-order valence-corrected chi connectivity index (χ4v) is 1.70. The van der Waals surface area contributed by atoms with Gasteiger partial charge in [0, 0.05) is 19.2 Å². The maximum Gasteiger partial charge on any atom is 0.124 e. The highest BCUT2D eigenvalue weighted by molar-refractivity contribution is 5.30. The molecule has 0 radical (unpaired) electrons. The molecule has 0 amide bonds. The summed E-state index contributed by atoms with van der Waals surface area (Å²) >= 11 is 0. The van der Waals surface area contributed by atoms with Crippen molar-refractivity contribution < 1.29 is 4.52 Å². The van der Waals surface area contributed by atoms with Crippen molar-refractivity contribution in [2.75, 3.05) is 0 Å². The van der Waals surface area contributed by atoms with Crippen molar-refractivity contribution in [2.24, 2.45) is 0 Å². The van der Waals surface area contributed by atoms with E-state index in [1.54, 1.807) is 6.26 Å². The number of aromatic nitrogens is 1. The highest BCUT2D eigenvalue weighted by atomic mass is 16.5. The quantitative estimate of drug-likeness (QED) is 0.853. The van der Waals surface area contributed by atoms with Crippen LogP contribution in [-0.2, 0) is 13.1 Å². The summed E-state index contributed by atoms with van der Waals surface area (Å²) in [5, 5.41) is 7.19. The maximum atomic E-state index is 4.77. The topological polar surface area (TPSA) is 38.1 Å². The molecule has 2 rings (SSSR count). The average Bonchev–Trinajstić information content (AvgIpc) is 2.74. The van der Waals surface area contributed by atoms with Gasteiger partial charge in [-0.2, -0.15) is 0 Å². The molecule has 84 valence electrons. The van der Waals surface area contributed by atoms with Gasteiger partial charge in [0.2, 0.25) is 0 Å². The van der Waals surface area contributed by atoms with Gasteiger partial charge in [0.25, 0.3) is 0 Å². The molecule has 0 aliphatic carbocycles. The molecular weight excluding hydrogens is 200 g/mol. The molecule has 3 nitrogen and oxygen atoms in total. The predicted octanol–water partition coefficient (Wildman–Crippen LogP) is 2.58. The molecule has 1 aromatic heterocycles. The lowest BCUT2D eigenvalue weighted by Crippen LogP contribution is -2.13. The predicted molar refractivity (Wildman–Crippen MR) is 63.0 cm³/mol. The number of hydrogen-bond acceptors (Lipinski definition) is 3. The van der Waals surface area contributed by atoms with Crippen LogP contribution in [0.15, 0.2) is 35.1 Å².